The van der Waals surface area contributed by atoms with Gasteiger partial charge < -0.3 is 15.0 Å². The summed E-state index contributed by atoms with van der Waals surface area (Å²) in [5.41, 5.74) is 1.32. The van der Waals surface area contributed by atoms with E-state index in [-0.39, 0.29) is 11.7 Å². The smallest absolute Gasteiger partial charge is 0.416 e. The minimum Gasteiger partial charge on any atom is -0.481 e. The second-order valence-corrected chi connectivity index (χ2v) is 7.22. The Bertz CT molecular complexity index is 816. The highest BCUT2D eigenvalue weighted by atomic mass is 19.4. The third-order valence-electron chi connectivity index (χ3n) is 4.97. The monoisotopic (exact) mass is 406 g/mol. The van der Waals surface area contributed by atoms with Gasteiger partial charge >= 0.3 is 6.18 Å². The Balaban J connectivity index is 1.51. The van der Waals surface area contributed by atoms with Crippen LogP contribution in [0.25, 0.3) is 0 Å². The number of alkyl halides is 3. The van der Waals surface area contributed by atoms with E-state index in [9.17, 15) is 18.0 Å². The van der Waals surface area contributed by atoms with E-state index in [1.165, 1.54) is 44.0 Å². The van der Waals surface area contributed by atoms with Gasteiger partial charge in [0.1, 0.15) is 5.75 Å². The summed E-state index contributed by atoms with van der Waals surface area (Å²) in [4.78, 5) is 14.6. The lowest BCUT2D eigenvalue weighted by atomic mass is 10.1. The van der Waals surface area contributed by atoms with Crippen molar-refractivity contribution in [2.45, 2.75) is 45.0 Å². The van der Waals surface area contributed by atoms with Gasteiger partial charge in [-0.15, -0.1) is 0 Å². The zero-order chi connectivity index (χ0) is 20.9. The van der Waals surface area contributed by atoms with E-state index in [1.54, 1.807) is 0 Å². The first-order valence-electron chi connectivity index (χ1n) is 9.78. The number of hydrogen-bond donors (Lipinski definition) is 1. The predicted octanol–water partition coefficient (Wildman–Crippen LogP) is 4.78. The standard InChI is InChI=1S/C22H25F3N2O2/c1-16(29-20-7-5-6-18(14-20)22(23,24)25)21(28)26-15-17-8-10-19(11-9-17)27-12-3-2-4-13-27/h5-11,14,16H,2-4,12-13,15H2,1H3,(H,26,28)/t16-/m1/s1. The molecule has 0 spiro atoms. The van der Waals surface area contributed by atoms with Crippen molar-refractivity contribution in [1.29, 1.82) is 0 Å². The van der Waals surface area contributed by atoms with Crippen LogP contribution in [0.3, 0.4) is 0 Å². The topological polar surface area (TPSA) is 41.6 Å². The van der Waals surface area contributed by atoms with Crippen LogP contribution in [0, 0.1) is 0 Å². The maximum absolute atomic E-state index is 12.8. The molecule has 1 fully saturated rings. The maximum atomic E-state index is 12.8. The predicted molar refractivity (Wildman–Crippen MR) is 106 cm³/mol. The molecule has 0 unspecified atom stereocenters. The number of piperidine rings is 1. The van der Waals surface area contributed by atoms with Gasteiger partial charge in [-0.25, -0.2) is 0 Å². The van der Waals surface area contributed by atoms with Gasteiger partial charge in [-0.2, -0.15) is 13.2 Å². The van der Waals surface area contributed by atoms with Crippen molar-refractivity contribution >= 4 is 11.6 Å². The van der Waals surface area contributed by atoms with Crippen molar-refractivity contribution < 1.29 is 22.7 Å². The van der Waals surface area contributed by atoms with Gasteiger partial charge in [0.2, 0.25) is 0 Å². The minimum atomic E-state index is -4.45. The van der Waals surface area contributed by atoms with E-state index in [0.717, 1.165) is 30.8 Å². The van der Waals surface area contributed by atoms with E-state index < -0.39 is 17.8 Å². The van der Waals surface area contributed by atoms with Crippen LogP contribution in [0.2, 0.25) is 0 Å². The van der Waals surface area contributed by atoms with E-state index in [4.69, 9.17) is 4.74 Å². The SMILES string of the molecule is C[C@@H](Oc1cccc(C(F)(F)F)c1)C(=O)NCc1ccc(N2CCCCC2)cc1. The Labute approximate surface area is 168 Å². The molecular weight excluding hydrogens is 381 g/mol. The van der Waals surface area contributed by atoms with E-state index in [2.05, 4.69) is 22.3 Å². The normalized spacial score (nSPS) is 15.7. The first-order valence-corrected chi connectivity index (χ1v) is 9.78. The molecule has 29 heavy (non-hydrogen) atoms. The van der Waals surface area contributed by atoms with Crippen LogP contribution >= 0.6 is 0 Å². The third-order valence-corrected chi connectivity index (χ3v) is 4.97. The zero-order valence-corrected chi connectivity index (χ0v) is 16.3. The van der Waals surface area contributed by atoms with Crippen molar-refractivity contribution in [3.63, 3.8) is 0 Å². The summed E-state index contributed by atoms with van der Waals surface area (Å²) in [5, 5.41) is 2.76. The first kappa shape index (κ1) is 21.0. The highest BCUT2D eigenvalue weighted by molar-refractivity contribution is 5.80. The van der Waals surface area contributed by atoms with Gasteiger partial charge in [0.15, 0.2) is 6.10 Å². The van der Waals surface area contributed by atoms with Gasteiger partial charge in [0.05, 0.1) is 5.56 Å². The number of carbonyl (C=O) groups is 1. The Hall–Kier alpha value is -2.70. The molecule has 156 valence electrons. The number of nitrogens with zero attached hydrogens (tertiary/aromatic N) is 1. The molecule has 1 aliphatic rings. The molecule has 1 N–H and O–H groups in total. The molecule has 1 saturated heterocycles. The third kappa shape index (κ3) is 5.89. The number of benzene rings is 2. The Kier molecular flexibility index (Phi) is 6.67. The van der Waals surface area contributed by atoms with Gasteiger partial charge in [0, 0.05) is 25.3 Å². The highest BCUT2D eigenvalue weighted by Crippen LogP contribution is 2.31. The van der Waals surface area contributed by atoms with Gasteiger partial charge in [-0.3, -0.25) is 4.79 Å². The molecule has 1 heterocycles. The van der Waals surface area contributed by atoms with Crippen LogP contribution in [-0.4, -0.2) is 25.1 Å². The van der Waals surface area contributed by atoms with Gasteiger partial charge in [-0.1, -0.05) is 18.2 Å². The molecule has 1 atom stereocenters. The molecular formula is C22H25F3N2O2. The first-order chi connectivity index (χ1) is 13.8. The number of ether oxygens (including phenoxy) is 1. The molecule has 7 heteroatoms. The van der Waals surface area contributed by atoms with Crippen LogP contribution in [0.4, 0.5) is 18.9 Å². The summed E-state index contributed by atoms with van der Waals surface area (Å²) in [6.07, 6.45) is -1.67. The maximum Gasteiger partial charge on any atom is 0.416 e. The molecule has 0 saturated carbocycles. The molecule has 2 aromatic rings. The molecule has 1 aliphatic heterocycles. The number of nitrogens with one attached hydrogen (secondary N) is 1. The number of rotatable bonds is 6. The molecule has 4 nitrogen and oxygen atoms in total. The molecule has 1 amide bonds. The quantitative estimate of drug-likeness (QED) is 0.751. The Morgan fingerprint density at radius 1 is 1.10 bits per heavy atom. The minimum absolute atomic E-state index is 0.00774. The van der Waals surface area contributed by atoms with Crippen LogP contribution in [-0.2, 0) is 17.5 Å². The van der Waals surface area contributed by atoms with Crippen LogP contribution in [0.5, 0.6) is 5.75 Å². The summed E-state index contributed by atoms with van der Waals surface area (Å²) in [6.45, 7) is 3.98. The fourth-order valence-corrected chi connectivity index (χ4v) is 3.31. The van der Waals surface area contributed by atoms with Crippen LogP contribution in [0.15, 0.2) is 48.5 Å². The zero-order valence-electron chi connectivity index (χ0n) is 16.3. The van der Waals surface area contributed by atoms with E-state index >= 15 is 0 Å². The number of amides is 1. The van der Waals surface area contributed by atoms with Gasteiger partial charge in [0.25, 0.3) is 5.91 Å². The van der Waals surface area contributed by atoms with Crippen molar-refractivity contribution in [3.05, 3.63) is 59.7 Å². The molecule has 0 aliphatic carbocycles. The van der Waals surface area contributed by atoms with Crippen molar-refractivity contribution in [1.82, 2.24) is 5.32 Å². The summed E-state index contributed by atoms with van der Waals surface area (Å²) in [6, 6.07) is 12.6. The second kappa shape index (κ2) is 9.20. The van der Waals surface area contributed by atoms with Crippen molar-refractivity contribution in [2.24, 2.45) is 0 Å². The molecule has 3 rings (SSSR count). The average Bonchev–Trinajstić information content (AvgIpc) is 2.72. The van der Waals surface area contributed by atoms with Crippen LogP contribution < -0.4 is 15.0 Å². The Morgan fingerprint density at radius 3 is 2.45 bits per heavy atom. The highest BCUT2D eigenvalue weighted by Gasteiger charge is 2.30. The fraction of sp³-hybridized carbons (Fsp3) is 0.409. The summed E-state index contributed by atoms with van der Waals surface area (Å²) in [5.74, 6) is -0.379. The molecule has 0 bridgehead atoms. The lowest BCUT2D eigenvalue weighted by Gasteiger charge is -2.28. The van der Waals surface area contributed by atoms with Crippen LogP contribution in [0.1, 0.15) is 37.3 Å². The summed E-state index contributed by atoms with van der Waals surface area (Å²) < 4.78 is 43.7. The Morgan fingerprint density at radius 2 is 1.79 bits per heavy atom. The molecule has 2 aromatic carbocycles. The number of halogens is 3. The lowest BCUT2D eigenvalue weighted by Crippen LogP contribution is -2.36. The lowest BCUT2D eigenvalue weighted by molar-refractivity contribution is -0.137. The molecule has 0 aromatic heterocycles. The number of hydrogen-bond acceptors (Lipinski definition) is 3. The number of carbonyl (C=O) groups excluding carboxylic acids is 1. The summed E-state index contributed by atoms with van der Waals surface area (Å²) >= 11 is 0. The average molecular weight is 406 g/mol. The van der Waals surface area contributed by atoms with Crippen molar-refractivity contribution in [3.8, 4) is 5.75 Å². The summed E-state index contributed by atoms with van der Waals surface area (Å²) in [7, 11) is 0. The molecule has 0 radical (unpaired) electrons. The largest absolute Gasteiger partial charge is 0.481 e. The number of anilines is 1. The second-order valence-electron chi connectivity index (χ2n) is 7.22. The van der Waals surface area contributed by atoms with Gasteiger partial charge in [-0.05, 0) is 62.1 Å². The van der Waals surface area contributed by atoms with Crippen molar-refractivity contribution in [2.75, 3.05) is 18.0 Å². The fourth-order valence-electron chi connectivity index (χ4n) is 3.31. The van der Waals surface area contributed by atoms with E-state index in [0.29, 0.717) is 6.54 Å². The van der Waals surface area contributed by atoms with E-state index in [1.807, 2.05) is 12.1 Å².